The van der Waals surface area contributed by atoms with Crippen molar-refractivity contribution in [3.63, 3.8) is 0 Å². The number of hydrogen-bond donors (Lipinski definition) is 0. The highest BCUT2D eigenvalue weighted by Gasteiger charge is 2.03. The second-order valence-electron chi connectivity index (χ2n) is 1.72. The number of hydrogen-bond acceptors (Lipinski definition) is 1. The Labute approximate surface area is 57.0 Å². The first-order chi connectivity index (χ1) is 4.75. The topological polar surface area (TPSA) is 12.9 Å². The molecule has 0 saturated carbocycles. The van der Waals surface area contributed by atoms with Gasteiger partial charge in [0, 0.05) is 5.56 Å². The molecule has 1 aromatic heterocycles. The molecule has 0 amide bonds. The third-order valence-electron chi connectivity index (χ3n) is 1.09. The number of aromatic nitrogens is 1. The fourth-order valence-electron chi connectivity index (χ4n) is 0.616. The summed E-state index contributed by atoms with van der Waals surface area (Å²) >= 11 is 0. The van der Waals surface area contributed by atoms with Gasteiger partial charge in [0.05, 0.1) is 12.4 Å². The molecule has 10 heavy (non-hydrogen) atoms. The summed E-state index contributed by atoms with van der Waals surface area (Å²) < 4.78 is 25.0. The predicted octanol–water partition coefficient (Wildman–Crippen LogP) is 2.00. The van der Waals surface area contributed by atoms with Crippen molar-refractivity contribution in [3.05, 3.63) is 36.2 Å². The quantitative estimate of drug-likeness (QED) is 0.582. The molecule has 1 nitrogen and oxygen atoms in total. The maximum absolute atomic E-state index is 12.5. The zero-order valence-corrected chi connectivity index (χ0v) is 5.14. The molecule has 0 unspecified atom stereocenters. The number of pyridine rings is 1. The minimum Gasteiger partial charge on any atom is -0.259 e. The second kappa shape index (κ2) is 2.56. The summed E-state index contributed by atoms with van der Waals surface area (Å²) in [5.74, 6) is -1.37. The van der Waals surface area contributed by atoms with Crippen LogP contribution in [0.2, 0.25) is 0 Å². The Morgan fingerprint density at radius 3 is 2.10 bits per heavy atom. The Bertz CT molecular complexity index is 238. The number of halogens is 2. The maximum Gasteiger partial charge on any atom is 0.151 e. The average Bonchev–Trinajstić information content (AvgIpc) is 1.88. The van der Waals surface area contributed by atoms with Gasteiger partial charge < -0.3 is 0 Å². The maximum atomic E-state index is 12.5. The van der Waals surface area contributed by atoms with E-state index >= 15 is 0 Å². The summed E-state index contributed by atoms with van der Waals surface area (Å²) in [5.41, 5.74) is -0.130. The van der Waals surface area contributed by atoms with Crippen LogP contribution in [0.5, 0.6) is 0 Å². The lowest BCUT2D eigenvalue weighted by molar-refractivity contribution is 0.568. The van der Waals surface area contributed by atoms with Gasteiger partial charge in [-0.3, -0.25) is 4.98 Å². The minimum absolute atomic E-state index is 0.130. The standard InChI is InChI=1S/C7H5F2N/c1-2-5-6(8)3-10-4-7(5)9/h2-4H,1H2. The number of nitrogens with zero attached hydrogens (tertiary/aromatic N) is 1. The lowest BCUT2D eigenvalue weighted by Gasteiger charge is -1.94. The van der Waals surface area contributed by atoms with E-state index in [1.54, 1.807) is 0 Å². The summed E-state index contributed by atoms with van der Waals surface area (Å²) in [6.07, 6.45) is 3.01. The van der Waals surface area contributed by atoms with Gasteiger partial charge in [0.1, 0.15) is 0 Å². The van der Waals surface area contributed by atoms with Gasteiger partial charge in [0.25, 0.3) is 0 Å². The third kappa shape index (κ3) is 1.03. The first-order valence-corrected chi connectivity index (χ1v) is 2.67. The van der Waals surface area contributed by atoms with Gasteiger partial charge in [0.2, 0.25) is 0 Å². The van der Waals surface area contributed by atoms with E-state index in [1.165, 1.54) is 0 Å². The second-order valence-corrected chi connectivity index (χ2v) is 1.72. The van der Waals surface area contributed by atoms with Crippen LogP contribution in [0.15, 0.2) is 19.0 Å². The summed E-state index contributed by atoms with van der Waals surface area (Å²) in [6.45, 7) is 3.24. The Balaban J connectivity index is 3.30. The molecule has 0 aliphatic heterocycles. The Hall–Kier alpha value is -1.25. The monoisotopic (exact) mass is 141 g/mol. The van der Waals surface area contributed by atoms with Crippen LogP contribution >= 0.6 is 0 Å². The van der Waals surface area contributed by atoms with Gasteiger partial charge >= 0.3 is 0 Å². The Morgan fingerprint density at radius 1 is 1.30 bits per heavy atom. The normalized spacial score (nSPS) is 9.40. The van der Waals surface area contributed by atoms with Crippen molar-refractivity contribution in [3.8, 4) is 0 Å². The van der Waals surface area contributed by atoms with E-state index in [9.17, 15) is 8.78 Å². The highest BCUT2D eigenvalue weighted by atomic mass is 19.1. The molecule has 0 aromatic carbocycles. The van der Waals surface area contributed by atoms with Crippen LogP contribution in [0.4, 0.5) is 8.78 Å². The molecule has 0 aliphatic rings. The molecule has 0 spiro atoms. The zero-order chi connectivity index (χ0) is 7.56. The smallest absolute Gasteiger partial charge is 0.151 e. The van der Waals surface area contributed by atoms with Crippen molar-refractivity contribution in [2.24, 2.45) is 0 Å². The summed E-state index contributed by atoms with van der Waals surface area (Å²) in [5, 5.41) is 0. The highest BCUT2D eigenvalue weighted by molar-refractivity contribution is 5.47. The van der Waals surface area contributed by atoms with Crippen molar-refractivity contribution in [1.82, 2.24) is 4.98 Å². The first-order valence-electron chi connectivity index (χ1n) is 2.67. The lowest BCUT2D eigenvalue weighted by atomic mass is 10.2. The highest BCUT2D eigenvalue weighted by Crippen LogP contribution is 2.10. The van der Waals surface area contributed by atoms with Gasteiger partial charge in [-0.25, -0.2) is 8.78 Å². The van der Waals surface area contributed by atoms with E-state index in [2.05, 4.69) is 11.6 Å². The Kier molecular flexibility index (Phi) is 1.76. The molecular weight excluding hydrogens is 136 g/mol. The van der Waals surface area contributed by atoms with Gasteiger partial charge in [-0.1, -0.05) is 12.7 Å². The SMILES string of the molecule is C=Cc1c(F)cncc1F. The molecule has 0 atom stereocenters. The van der Waals surface area contributed by atoms with E-state index in [4.69, 9.17) is 0 Å². The van der Waals surface area contributed by atoms with E-state index in [-0.39, 0.29) is 5.56 Å². The van der Waals surface area contributed by atoms with Gasteiger partial charge in [-0.15, -0.1) is 0 Å². The molecule has 0 bridgehead atoms. The zero-order valence-electron chi connectivity index (χ0n) is 5.14. The first kappa shape index (κ1) is 6.86. The fourth-order valence-corrected chi connectivity index (χ4v) is 0.616. The molecule has 0 radical (unpaired) electrons. The molecule has 0 saturated heterocycles. The Morgan fingerprint density at radius 2 is 1.80 bits per heavy atom. The van der Waals surface area contributed by atoms with Crippen LogP contribution in [0, 0.1) is 11.6 Å². The minimum atomic E-state index is -0.685. The van der Waals surface area contributed by atoms with Crippen molar-refractivity contribution in [2.75, 3.05) is 0 Å². The summed E-state index contributed by atoms with van der Waals surface area (Å²) in [4.78, 5) is 3.29. The molecular formula is C7H5F2N. The van der Waals surface area contributed by atoms with E-state index in [1.807, 2.05) is 0 Å². The predicted molar refractivity (Wildman–Crippen MR) is 34.2 cm³/mol. The van der Waals surface area contributed by atoms with E-state index in [0.29, 0.717) is 0 Å². The summed E-state index contributed by atoms with van der Waals surface area (Å²) in [6, 6.07) is 0. The van der Waals surface area contributed by atoms with Crippen LogP contribution in [-0.4, -0.2) is 4.98 Å². The molecule has 52 valence electrons. The molecule has 0 fully saturated rings. The van der Waals surface area contributed by atoms with Crippen LogP contribution in [-0.2, 0) is 0 Å². The van der Waals surface area contributed by atoms with Gasteiger partial charge in [-0.2, -0.15) is 0 Å². The van der Waals surface area contributed by atoms with Crippen molar-refractivity contribution >= 4 is 6.08 Å². The molecule has 0 N–H and O–H groups in total. The largest absolute Gasteiger partial charge is 0.259 e. The molecule has 3 heteroatoms. The van der Waals surface area contributed by atoms with Crippen LogP contribution in [0.1, 0.15) is 5.56 Å². The van der Waals surface area contributed by atoms with Crippen LogP contribution in [0.25, 0.3) is 6.08 Å². The average molecular weight is 141 g/mol. The van der Waals surface area contributed by atoms with Crippen molar-refractivity contribution < 1.29 is 8.78 Å². The molecule has 1 aromatic rings. The fraction of sp³-hybridized carbons (Fsp3) is 0. The number of rotatable bonds is 1. The van der Waals surface area contributed by atoms with Gasteiger partial charge in [-0.05, 0) is 0 Å². The van der Waals surface area contributed by atoms with Crippen LogP contribution < -0.4 is 0 Å². The lowest BCUT2D eigenvalue weighted by Crippen LogP contribution is -1.88. The van der Waals surface area contributed by atoms with Crippen molar-refractivity contribution in [1.29, 1.82) is 0 Å². The van der Waals surface area contributed by atoms with E-state index < -0.39 is 11.6 Å². The van der Waals surface area contributed by atoms with Crippen molar-refractivity contribution in [2.45, 2.75) is 0 Å². The third-order valence-corrected chi connectivity index (χ3v) is 1.09. The molecule has 0 aliphatic carbocycles. The van der Waals surface area contributed by atoms with E-state index in [0.717, 1.165) is 18.5 Å². The summed E-state index contributed by atoms with van der Waals surface area (Å²) in [7, 11) is 0. The van der Waals surface area contributed by atoms with Gasteiger partial charge in [0.15, 0.2) is 11.6 Å². The van der Waals surface area contributed by atoms with Crippen LogP contribution in [0.3, 0.4) is 0 Å². The molecule has 1 rings (SSSR count). The molecule has 1 heterocycles.